The lowest BCUT2D eigenvalue weighted by atomic mass is 10.1. The maximum absolute atomic E-state index is 12.0. The molecule has 0 saturated carbocycles. The van der Waals surface area contributed by atoms with Crippen LogP contribution < -0.4 is 14.8 Å². The zero-order valence-corrected chi connectivity index (χ0v) is 15.4. The molecular formula is C19H20BrNO3. The normalized spacial score (nSPS) is 10.1. The fraction of sp³-hybridized carbons (Fsp3) is 0.211. The van der Waals surface area contributed by atoms with Crippen molar-refractivity contribution in [3.63, 3.8) is 0 Å². The van der Waals surface area contributed by atoms with Crippen molar-refractivity contribution < 1.29 is 14.3 Å². The molecule has 4 nitrogen and oxygen atoms in total. The average molecular weight is 390 g/mol. The second-order valence-electron chi connectivity index (χ2n) is 5.34. The summed E-state index contributed by atoms with van der Waals surface area (Å²) in [4.78, 5) is 12.0. The highest BCUT2D eigenvalue weighted by molar-refractivity contribution is 9.10. The van der Waals surface area contributed by atoms with Gasteiger partial charge in [-0.05, 0) is 49.2 Å². The van der Waals surface area contributed by atoms with Crippen molar-refractivity contribution >= 4 is 27.5 Å². The van der Waals surface area contributed by atoms with E-state index in [0.29, 0.717) is 23.8 Å². The Morgan fingerprint density at radius 2 is 1.88 bits per heavy atom. The molecule has 0 unspecified atom stereocenters. The van der Waals surface area contributed by atoms with Crippen LogP contribution in [0.5, 0.6) is 11.5 Å². The van der Waals surface area contributed by atoms with Gasteiger partial charge in [-0.2, -0.15) is 0 Å². The van der Waals surface area contributed by atoms with Gasteiger partial charge in [0.15, 0.2) is 6.61 Å². The van der Waals surface area contributed by atoms with Gasteiger partial charge in [-0.3, -0.25) is 4.79 Å². The predicted molar refractivity (Wildman–Crippen MR) is 99.9 cm³/mol. The van der Waals surface area contributed by atoms with Crippen LogP contribution in [0, 0.1) is 13.8 Å². The van der Waals surface area contributed by atoms with Gasteiger partial charge in [0.05, 0.1) is 0 Å². The Morgan fingerprint density at radius 1 is 1.17 bits per heavy atom. The third-order valence-corrected chi connectivity index (χ3v) is 4.52. The van der Waals surface area contributed by atoms with Crippen LogP contribution in [0.1, 0.15) is 11.1 Å². The Bertz CT molecular complexity index is 720. The third kappa shape index (κ3) is 5.13. The van der Waals surface area contributed by atoms with Crippen molar-refractivity contribution in [3.8, 4) is 11.5 Å². The first-order chi connectivity index (χ1) is 11.5. The summed E-state index contributed by atoms with van der Waals surface area (Å²) in [7, 11) is 0. The van der Waals surface area contributed by atoms with E-state index in [4.69, 9.17) is 9.47 Å². The molecule has 0 fully saturated rings. The zero-order chi connectivity index (χ0) is 17.5. The number of carbonyl (C=O) groups is 1. The van der Waals surface area contributed by atoms with Crippen molar-refractivity contribution in [2.45, 2.75) is 13.8 Å². The Hall–Kier alpha value is -2.27. The third-order valence-electron chi connectivity index (χ3n) is 3.27. The molecule has 0 atom stereocenters. The molecule has 126 valence electrons. The van der Waals surface area contributed by atoms with Crippen LogP contribution >= 0.6 is 15.9 Å². The number of nitrogens with one attached hydrogen (secondary N) is 1. The molecule has 24 heavy (non-hydrogen) atoms. The van der Waals surface area contributed by atoms with Gasteiger partial charge in [0, 0.05) is 16.2 Å². The summed E-state index contributed by atoms with van der Waals surface area (Å²) < 4.78 is 12.1. The molecule has 2 aromatic carbocycles. The maximum Gasteiger partial charge on any atom is 0.262 e. The van der Waals surface area contributed by atoms with Crippen LogP contribution in [-0.2, 0) is 4.79 Å². The van der Waals surface area contributed by atoms with Gasteiger partial charge in [0.1, 0.15) is 18.1 Å². The summed E-state index contributed by atoms with van der Waals surface area (Å²) in [6.07, 6.45) is 1.67. The van der Waals surface area contributed by atoms with Gasteiger partial charge < -0.3 is 14.8 Å². The number of hydrogen-bond donors (Lipinski definition) is 1. The largest absolute Gasteiger partial charge is 0.489 e. The van der Waals surface area contributed by atoms with E-state index in [1.807, 2.05) is 38.1 Å². The van der Waals surface area contributed by atoms with Crippen molar-refractivity contribution in [2.24, 2.45) is 0 Å². The van der Waals surface area contributed by atoms with Crippen molar-refractivity contribution in [3.05, 3.63) is 64.7 Å². The molecule has 0 radical (unpaired) electrons. The average Bonchev–Trinajstić information content (AvgIpc) is 2.56. The fourth-order valence-electron chi connectivity index (χ4n) is 2.15. The first-order valence-electron chi connectivity index (χ1n) is 7.52. The Morgan fingerprint density at radius 3 is 2.54 bits per heavy atom. The van der Waals surface area contributed by atoms with E-state index in [2.05, 4.69) is 27.8 Å². The van der Waals surface area contributed by atoms with Gasteiger partial charge in [-0.1, -0.05) is 34.7 Å². The summed E-state index contributed by atoms with van der Waals surface area (Å²) in [6, 6.07) is 11.0. The lowest BCUT2D eigenvalue weighted by Gasteiger charge is -2.11. The number of amides is 1. The van der Waals surface area contributed by atoms with E-state index >= 15 is 0 Å². The molecule has 0 aliphatic carbocycles. The van der Waals surface area contributed by atoms with E-state index < -0.39 is 0 Å². The van der Waals surface area contributed by atoms with Crippen LogP contribution in [0.25, 0.3) is 0 Å². The maximum atomic E-state index is 12.0. The summed E-state index contributed by atoms with van der Waals surface area (Å²) in [6.45, 7) is 7.94. The van der Waals surface area contributed by atoms with Crippen LogP contribution in [-0.4, -0.2) is 19.1 Å². The molecule has 0 spiro atoms. The van der Waals surface area contributed by atoms with E-state index in [1.165, 1.54) is 0 Å². The summed E-state index contributed by atoms with van der Waals surface area (Å²) in [5.41, 5.74) is 2.79. The fourth-order valence-corrected chi connectivity index (χ4v) is 2.38. The molecule has 0 aliphatic heterocycles. The molecule has 0 saturated heterocycles. The molecule has 1 N–H and O–H groups in total. The van der Waals surface area contributed by atoms with E-state index in [9.17, 15) is 4.79 Å². The summed E-state index contributed by atoms with van der Waals surface area (Å²) in [5, 5.41) is 2.79. The number of hydrogen-bond acceptors (Lipinski definition) is 3. The quantitative estimate of drug-likeness (QED) is 0.701. The van der Waals surface area contributed by atoms with Crippen LogP contribution in [0.3, 0.4) is 0 Å². The van der Waals surface area contributed by atoms with Gasteiger partial charge in [-0.25, -0.2) is 0 Å². The number of carbonyl (C=O) groups excluding carboxylic acids is 1. The van der Waals surface area contributed by atoms with Crippen molar-refractivity contribution in [1.29, 1.82) is 0 Å². The molecule has 1 amide bonds. The molecule has 0 heterocycles. The molecule has 2 aromatic rings. The summed E-state index contributed by atoms with van der Waals surface area (Å²) in [5.74, 6) is 1.12. The minimum atomic E-state index is -0.228. The highest BCUT2D eigenvalue weighted by Crippen LogP contribution is 2.26. The van der Waals surface area contributed by atoms with Crippen molar-refractivity contribution in [2.75, 3.05) is 18.5 Å². The van der Waals surface area contributed by atoms with Crippen LogP contribution in [0.4, 0.5) is 5.69 Å². The number of benzene rings is 2. The standard InChI is InChI=1S/C19H20BrNO3/c1-4-8-23-16-7-5-6-15(11-16)21-18(22)12-24-17-9-13(2)19(20)14(3)10-17/h4-7,9-11H,1,8,12H2,2-3H3,(H,21,22). The monoisotopic (exact) mass is 389 g/mol. The number of halogens is 1. The molecule has 2 rings (SSSR count). The van der Waals surface area contributed by atoms with Gasteiger partial charge in [-0.15, -0.1) is 0 Å². The van der Waals surface area contributed by atoms with E-state index in [-0.39, 0.29) is 12.5 Å². The zero-order valence-electron chi connectivity index (χ0n) is 13.8. The minimum absolute atomic E-state index is 0.0573. The number of aryl methyl sites for hydroxylation is 2. The van der Waals surface area contributed by atoms with Gasteiger partial charge in [0.25, 0.3) is 5.91 Å². The van der Waals surface area contributed by atoms with Crippen LogP contribution in [0.15, 0.2) is 53.5 Å². The summed E-state index contributed by atoms with van der Waals surface area (Å²) >= 11 is 3.51. The second kappa shape index (κ2) is 8.55. The van der Waals surface area contributed by atoms with E-state index in [1.54, 1.807) is 18.2 Å². The first-order valence-corrected chi connectivity index (χ1v) is 8.32. The smallest absolute Gasteiger partial charge is 0.262 e. The Labute approximate surface area is 150 Å². The highest BCUT2D eigenvalue weighted by atomic mass is 79.9. The minimum Gasteiger partial charge on any atom is -0.489 e. The molecule has 0 aromatic heterocycles. The molecule has 0 bridgehead atoms. The molecular weight excluding hydrogens is 370 g/mol. The topological polar surface area (TPSA) is 47.6 Å². The lowest BCUT2D eigenvalue weighted by molar-refractivity contribution is -0.118. The predicted octanol–water partition coefficient (Wildman–Crippen LogP) is 4.65. The second-order valence-corrected chi connectivity index (χ2v) is 6.13. The van der Waals surface area contributed by atoms with Crippen LogP contribution in [0.2, 0.25) is 0 Å². The Balaban J connectivity index is 1.93. The first kappa shape index (κ1) is 18.1. The van der Waals surface area contributed by atoms with E-state index in [0.717, 1.165) is 15.6 Å². The molecule has 5 heteroatoms. The highest BCUT2D eigenvalue weighted by Gasteiger charge is 2.07. The number of anilines is 1. The Kier molecular flexibility index (Phi) is 6.44. The van der Waals surface area contributed by atoms with Gasteiger partial charge >= 0.3 is 0 Å². The lowest BCUT2D eigenvalue weighted by Crippen LogP contribution is -2.20. The SMILES string of the molecule is C=CCOc1cccc(NC(=O)COc2cc(C)c(Br)c(C)c2)c1. The number of ether oxygens (including phenoxy) is 2. The molecule has 0 aliphatic rings. The van der Waals surface area contributed by atoms with Crippen molar-refractivity contribution in [1.82, 2.24) is 0 Å². The number of rotatable bonds is 7. The van der Waals surface area contributed by atoms with Gasteiger partial charge in [0.2, 0.25) is 0 Å².